The molecular formula is C18H21ClN2O4S. The summed E-state index contributed by atoms with van der Waals surface area (Å²) in [4.78, 5) is 12.5. The van der Waals surface area contributed by atoms with Crippen LogP contribution in [0.5, 0.6) is 5.75 Å². The third kappa shape index (κ3) is 4.75. The van der Waals surface area contributed by atoms with Crippen LogP contribution in [0.2, 0.25) is 5.02 Å². The van der Waals surface area contributed by atoms with Gasteiger partial charge in [-0.1, -0.05) is 17.7 Å². The molecule has 0 aliphatic carbocycles. The van der Waals surface area contributed by atoms with E-state index < -0.39 is 22.0 Å². The zero-order valence-corrected chi connectivity index (χ0v) is 16.6. The summed E-state index contributed by atoms with van der Waals surface area (Å²) in [5, 5.41) is 3.26. The molecule has 0 heterocycles. The van der Waals surface area contributed by atoms with E-state index in [1.165, 1.54) is 26.2 Å². The Morgan fingerprint density at radius 2 is 1.88 bits per heavy atom. The number of anilines is 1. The van der Waals surface area contributed by atoms with E-state index in [2.05, 4.69) is 5.32 Å². The molecule has 0 bridgehead atoms. The van der Waals surface area contributed by atoms with Crippen LogP contribution in [-0.2, 0) is 14.8 Å². The Morgan fingerprint density at radius 1 is 1.19 bits per heavy atom. The fraction of sp³-hybridized carbons (Fsp3) is 0.278. The lowest BCUT2D eigenvalue weighted by Gasteiger charge is -2.17. The molecule has 0 radical (unpaired) electrons. The molecule has 0 saturated carbocycles. The van der Waals surface area contributed by atoms with Gasteiger partial charge in [0, 0.05) is 24.8 Å². The van der Waals surface area contributed by atoms with Gasteiger partial charge in [-0.05, 0) is 55.8 Å². The number of rotatable bonds is 6. The molecule has 0 aromatic heterocycles. The number of carbonyl (C=O) groups excluding carboxylic acids is 1. The van der Waals surface area contributed by atoms with Crippen molar-refractivity contribution in [1.29, 1.82) is 0 Å². The van der Waals surface area contributed by atoms with Crippen molar-refractivity contribution < 1.29 is 17.9 Å². The molecule has 2 rings (SSSR count). The Labute approximate surface area is 158 Å². The summed E-state index contributed by atoms with van der Waals surface area (Å²) in [5.41, 5.74) is 1.19. The minimum Gasteiger partial charge on any atom is -0.481 e. The van der Waals surface area contributed by atoms with Gasteiger partial charge in [-0.25, -0.2) is 12.7 Å². The Bertz CT molecular complexity index is 913. The molecule has 0 aliphatic rings. The predicted octanol–water partition coefficient (Wildman–Crippen LogP) is 3.30. The van der Waals surface area contributed by atoms with Crippen LogP contribution in [0.1, 0.15) is 12.5 Å². The maximum absolute atomic E-state index is 12.4. The molecule has 0 saturated heterocycles. The minimum atomic E-state index is -3.58. The van der Waals surface area contributed by atoms with Crippen LogP contribution >= 0.6 is 11.6 Å². The molecule has 1 amide bonds. The van der Waals surface area contributed by atoms with Crippen molar-refractivity contribution in [1.82, 2.24) is 4.31 Å². The largest absolute Gasteiger partial charge is 0.481 e. The van der Waals surface area contributed by atoms with Crippen LogP contribution in [0, 0.1) is 6.92 Å². The minimum absolute atomic E-state index is 0.0995. The first-order valence-corrected chi connectivity index (χ1v) is 9.69. The van der Waals surface area contributed by atoms with E-state index in [0.717, 1.165) is 9.87 Å². The number of nitrogens with one attached hydrogen (secondary N) is 1. The number of aryl methyl sites for hydroxylation is 1. The number of carbonyl (C=O) groups is 1. The van der Waals surface area contributed by atoms with E-state index >= 15 is 0 Å². The summed E-state index contributed by atoms with van der Waals surface area (Å²) in [6.45, 7) is 3.45. The van der Waals surface area contributed by atoms with Crippen molar-refractivity contribution in [2.24, 2.45) is 0 Å². The lowest BCUT2D eigenvalue weighted by Crippen LogP contribution is -2.30. The maximum Gasteiger partial charge on any atom is 0.265 e. The first-order valence-electron chi connectivity index (χ1n) is 7.87. The normalized spacial score (nSPS) is 12.7. The number of sulfonamides is 1. The number of hydrogen-bond donors (Lipinski definition) is 1. The summed E-state index contributed by atoms with van der Waals surface area (Å²) in [5.74, 6) is 0.166. The summed E-state index contributed by atoms with van der Waals surface area (Å²) in [6, 6.07) is 11.2. The fourth-order valence-electron chi connectivity index (χ4n) is 2.18. The van der Waals surface area contributed by atoms with Crippen molar-refractivity contribution in [2.45, 2.75) is 24.8 Å². The second kappa shape index (κ2) is 8.07. The highest BCUT2D eigenvalue weighted by Crippen LogP contribution is 2.23. The third-order valence-corrected chi connectivity index (χ3v) is 5.74. The molecule has 2 aromatic carbocycles. The van der Waals surface area contributed by atoms with E-state index in [9.17, 15) is 13.2 Å². The molecule has 26 heavy (non-hydrogen) atoms. The number of nitrogens with zero attached hydrogens (tertiary/aromatic N) is 1. The van der Waals surface area contributed by atoms with Crippen LogP contribution in [-0.4, -0.2) is 38.8 Å². The second-order valence-electron chi connectivity index (χ2n) is 5.97. The highest BCUT2D eigenvalue weighted by molar-refractivity contribution is 7.89. The van der Waals surface area contributed by atoms with Gasteiger partial charge in [-0.3, -0.25) is 4.79 Å². The topological polar surface area (TPSA) is 75.7 Å². The van der Waals surface area contributed by atoms with Gasteiger partial charge in [0.1, 0.15) is 5.75 Å². The molecule has 0 spiro atoms. The van der Waals surface area contributed by atoms with E-state index in [1.54, 1.807) is 37.3 Å². The first kappa shape index (κ1) is 20.2. The quantitative estimate of drug-likeness (QED) is 0.812. The predicted molar refractivity (Wildman–Crippen MR) is 102 cm³/mol. The van der Waals surface area contributed by atoms with Gasteiger partial charge in [-0.15, -0.1) is 0 Å². The van der Waals surface area contributed by atoms with E-state index in [-0.39, 0.29) is 4.90 Å². The van der Waals surface area contributed by atoms with Gasteiger partial charge in [0.15, 0.2) is 6.10 Å². The van der Waals surface area contributed by atoms with Crippen LogP contribution in [0.15, 0.2) is 47.4 Å². The molecule has 6 nitrogen and oxygen atoms in total. The Hall–Kier alpha value is -2.09. The van der Waals surface area contributed by atoms with Gasteiger partial charge >= 0.3 is 0 Å². The summed E-state index contributed by atoms with van der Waals surface area (Å²) >= 11 is 5.91. The van der Waals surface area contributed by atoms with Gasteiger partial charge in [0.05, 0.1) is 4.90 Å². The SMILES string of the molecule is Cc1cc(Cl)ccc1O[C@H](C)C(=O)Nc1cccc(S(=O)(=O)N(C)C)c1. The van der Waals surface area contributed by atoms with Crippen LogP contribution in [0.4, 0.5) is 5.69 Å². The van der Waals surface area contributed by atoms with Crippen LogP contribution in [0.3, 0.4) is 0 Å². The molecule has 0 aliphatic heterocycles. The number of benzene rings is 2. The maximum atomic E-state index is 12.4. The summed E-state index contributed by atoms with van der Waals surface area (Å²) in [7, 11) is -0.677. The zero-order chi connectivity index (χ0) is 19.5. The highest BCUT2D eigenvalue weighted by Gasteiger charge is 2.19. The Morgan fingerprint density at radius 3 is 2.50 bits per heavy atom. The lowest BCUT2D eigenvalue weighted by atomic mass is 10.2. The van der Waals surface area contributed by atoms with Crippen molar-refractivity contribution in [3.63, 3.8) is 0 Å². The van der Waals surface area contributed by atoms with E-state index in [1.807, 2.05) is 6.92 Å². The Kier molecular flexibility index (Phi) is 6.28. The highest BCUT2D eigenvalue weighted by atomic mass is 35.5. The molecular weight excluding hydrogens is 376 g/mol. The average molecular weight is 397 g/mol. The molecule has 2 aromatic rings. The van der Waals surface area contributed by atoms with Crippen LogP contribution in [0.25, 0.3) is 0 Å². The van der Waals surface area contributed by atoms with Crippen molar-refractivity contribution in [3.8, 4) is 5.75 Å². The molecule has 1 N–H and O–H groups in total. The molecule has 140 valence electrons. The molecule has 0 unspecified atom stereocenters. The van der Waals surface area contributed by atoms with E-state index in [0.29, 0.717) is 16.5 Å². The smallest absolute Gasteiger partial charge is 0.265 e. The lowest BCUT2D eigenvalue weighted by molar-refractivity contribution is -0.122. The standard InChI is InChI=1S/C18H21ClN2O4S/c1-12-10-14(19)8-9-17(12)25-13(2)18(22)20-15-6-5-7-16(11-15)26(23,24)21(3)4/h5-11,13H,1-4H3,(H,20,22)/t13-/m1/s1. The summed E-state index contributed by atoms with van der Waals surface area (Å²) in [6.07, 6.45) is -0.774. The van der Waals surface area contributed by atoms with Crippen molar-refractivity contribution >= 4 is 33.2 Å². The average Bonchev–Trinajstić information content (AvgIpc) is 2.57. The molecule has 1 atom stereocenters. The number of hydrogen-bond acceptors (Lipinski definition) is 4. The molecule has 0 fully saturated rings. The third-order valence-electron chi connectivity index (χ3n) is 3.69. The first-order chi connectivity index (χ1) is 12.1. The van der Waals surface area contributed by atoms with Crippen molar-refractivity contribution in [3.05, 3.63) is 53.1 Å². The van der Waals surface area contributed by atoms with Crippen molar-refractivity contribution in [2.75, 3.05) is 19.4 Å². The van der Waals surface area contributed by atoms with E-state index in [4.69, 9.17) is 16.3 Å². The molecule has 8 heteroatoms. The number of ether oxygens (including phenoxy) is 1. The second-order valence-corrected chi connectivity index (χ2v) is 8.56. The zero-order valence-electron chi connectivity index (χ0n) is 15.0. The van der Waals surface area contributed by atoms with Crippen LogP contribution < -0.4 is 10.1 Å². The van der Waals surface area contributed by atoms with Gasteiger partial charge < -0.3 is 10.1 Å². The Balaban J connectivity index is 2.12. The van der Waals surface area contributed by atoms with Gasteiger partial charge in [0.2, 0.25) is 10.0 Å². The van der Waals surface area contributed by atoms with Gasteiger partial charge in [0.25, 0.3) is 5.91 Å². The fourth-order valence-corrected chi connectivity index (χ4v) is 3.35. The van der Waals surface area contributed by atoms with Gasteiger partial charge in [-0.2, -0.15) is 0 Å². The summed E-state index contributed by atoms with van der Waals surface area (Å²) < 4.78 is 31.2. The number of amides is 1. The monoisotopic (exact) mass is 396 g/mol. The number of halogens is 1.